The van der Waals surface area contributed by atoms with Crippen molar-refractivity contribution >= 4 is 0 Å². The molecule has 78 heavy (non-hydrogen) atoms. The topological polar surface area (TPSA) is 0 Å². The first-order valence-electron chi connectivity index (χ1n) is 37.1. The summed E-state index contributed by atoms with van der Waals surface area (Å²) in [5, 5.41) is 0. The van der Waals surface area contributed by atoms with E-state index in [2.05, 4.69) is 90.0 Å². The van der Waals surface area contributed by atoms with Gasteiger partial charge in [0.25, 0.3) is 0 Å². The molecule has 1 unspecified atom stereocenters. The number of hydrogen-bond acceptors (Lipinski definition) is 0. The van der Waals surface area contributed by atoms with Gasteiger partial charge in [-0.1, -0.05) is 186 Å². The van der Waals surface area contributed by atoms with Gasteiger partial charge in [0.1, 0.15) is 0 Å². The lowest BCUT2D eigenvalue weighted by Gasteiger charge is -2.56. The van der Waals surface area contributed by atoms with Gasteiger partial charge < -0.3 is 0 Å². The van der Waals surface area contributed by atoms with E-state index >= 15 is 0 Å². The molecule has 17 aliphatic carbocycles. The second-order valence-corrected chi connectivity index (χ2v) is 35.7. The maximum atomic E-state index is 2.48. The molecule has 3 atom stereocenters. The lowest BCUT2D eigenvalue weighted by atomic mass is 9.49. The van der Waals surface area contributed by atoms with Crippen LogP contribution >= 0.6 is 0 Å². The summed E-state index contributed by atoms with van der Waals surface area (Å²) in [6.07, 6.45) is 68.7. The second-order valence-electron chi connectivity index (χ2n) is 35.7. The first-order chi connectivity index (χ1) is 37.1. The van der Waals surface area contributed by atoms with Gasteiger partial charge in [0.2, 0.25) is 0 Å². The van der Waals surface area contributed by atoms with E-state index in [4.69, 9.17) is 0 Å². The molecule has 454 valence electrons. The van der Waals surface area contributed by atoms with Crippen molar-refractivity contribution in [2.45, 2.75) is 379 Å². The quantitative estimate of drug-likeness (QED) is 0.259. The Bertz CT molecular complexity index is 1600. The van der Waals surface area contributed by atoms with Crippen LogP contribution in [0.15, 0.2) is 0 Å². The highest BCUT2D eigenvalue weighted by atomic mass is 14.6. The molecule has 0 amide bonds. The molecule has 17 aliphatic rings. The predicted octanol–water partition coefficient (Wildman–Crippen LogP) is 25.8. The molecule has 0 heteroatoms. The Morgan fingerprint density at radius 3 is 0.949 bits per heavy atom. The first kappa shape index (κ1) is 64.0. The second kappa shape index (κ2) is 28.0. The zero-order valence-electron chi connectivity index (χ0n) is 55.8. The third-order valence-corrected chi connectivity index (χ3v) is 29.7. The van der Waals surface area contributed by atoms with Crippen molar-refractivity contribution in [3.63, 3.8) is 0 Å². The van der Waals surface area contributed by atoms with Gasteiger partial charge in [-0.3, -0.25) is 0 Å². The Morgan fingerprint density at radius 2 is 0.654 bits per heavy atom. The molecule has 0 aromatic carbocycles. The van der Waals surface area contributed by atoms with E-state index in [1.807, 2.05) is 0 Å². The summed E-state index contributed by atoms with van der Waals surface area (Å²) >= 11 is 0. The lowest BCUT2D eigenvalue weighted by molar-refractivity contribution is -0.0545. The SMILES string of the molecule is CC1C2CCC(CC2)[C@H]1C.CC1CCC2(CC1)CCC(C)(C)CC2.CC1CCC2(CCCC2)CC1.CC1CCC2(CCCCC2)CC1.CCC1(C)CCCC1.CCC12CC3CC(CC(C3)C1)C2.C[C@@H]1C2CCC(CC2)C1(C)C. The summed E-state index contributed by atoms with van der Waals surface area (Å²) < 4.78 is 0. The fraction of sp³-hybridized carbons (Fsp3) is 1.00. The minimum Gasteiger partial charge on any atom is -0.0649 e. The zero-order valence-corrected chi connectivity index (χ0v) is 55.8. The van der Waals surface area contributed by atoms with Crippen LogP contribution in [-0.2, 0) is 0 Å². The van der Waals surface area contributed by atoms with Crippen molar-refractivity contribution < 1.29 is 0 Å². The molecule has 0 aliphatic heterocycles. The summed E-state index contributed by atoms with van der Waals surface area (Å²) in [6.45, 7) is 31.7. The smallest absolute Gasteiger partial charge is 0.0292 e. The predicted molar refractivity (Wildman–Crippen MR) is 344 cm³/mol. The van der Waals surface area contributed by atoms with Crippen molar-refractivity contribution in [1.82, 2.24) is 0 Å². The Hall–Kier alpha value is 0. The van der Waals surface area contributed by atoms with Crippen LogP contribution in [0.25, 0.3) is 0 Å². The Morgan fingerprint density at radius 1 is 0.321 bits per heavy atom. The van der Waals surface area contributed by atoms with Gasteiger partial charge in [0, 0.05) is 0 Å². The number of fused-ring (bicyclic) bond motifs is 6. The summed E-state index contributed by atoms with van der Waals surface area (Å²) in [7, 11) is 0. The average molecular weight is 1080 g/mol. The van der Waals surface area contributed by atoms with Crippen LogP contribution in [0.5, 0.6) is 0 Å². The van der Waals surface area contributed by atoms with Crippen molar-refractivity contribution in [2.24, 2.45) is 115 Å². The minimum absolute atomic E-state index is 0.647. The molecule has 0 aromatic rings. The number of hydrogen-bond donors (Lipinski definition) is 0. The third-order valence-electron chi connectivity index (χ3n) is 29.7. The summed E-state index contributed by atoms with van der Waals surface area (Å²) in [5.41, 5.74) is 5.36. The highest BCUT2D eigenvalue weighted by Gasteiger charge is 2.50. The van der Waals surface area contributed by atoms with E-state index < -0.39 is 0 Å². The largest absolute Gasteiger partial charge is 0.0649 e. The summed E-state index contributed by atoms with van der Waals surface area (Å²) in [4.78, 5) is 0. The highest BCUT2D eigenvalue weighted by molar-refractivity contribution is 5.01. The van der Waals surface area contributed by atoms with Crippen LogP contribution < -0.4 is 0 Å². The molecule has 0 nitrogen and oxygen atoms in total. The third kappa shape index (κ3) is 16.9. The van der Waals surface area contributed by atoms with Gasteiger partial charge >= 0.3 is 0 Å². The first-order valence-corrected chi connectivity index (χ1v) is 37.1. The van der Waals surface area contributed by atoms with E-state index in [-0.39, 0.29) is 0 Å². The highest BCUT2D eigenvalue weighted by Crippen LogP contribution is 2.62. The van der Waals surface area contributed by atoms with Crippen molar-refractivity contribution in [1.29, 1.82) is 0 Å². The van der Waals surface area contributed by atoms with Crippen LogP contribution in [0.4, 0.5) is 0 Å². The summed E-state index contributed by atoms with van der Waals surface area (Å²) in [6, 6.07) is 0. The van der Waals surface area contributed by atoms with E-state index in [9.17, 15) is 0 Å². The molecule has 0 aromatic heterocycles. The molecule has 0 heterocycles. The number of rotatable bonds is 2. The van der Waals surface area contributed by atoms with Crippen LogP contribution in [0, 0.1) is 115 Å². The van der Waals surface area contributed by atoms with Crippen molar-refractivity contribution in [3.05, 3.63) is 0 Å². The fourth-order valence-electron chi connectivity index (χ4n) is 22.2. The molecule has 3 spiro atoms. The zero-order chi connectivity index (χ0) is 55.8. The van der Waals surface area contributed by atoms with E-state index in [1.54, 1.807) is 89.9 Å². The molecule has 17 rings (SSSR count). The van der Waals surface area contributed by atoms with E-state index in [0.717, 1.165) is 104 Å². The van der Waals surface area contributed by atoms with E-state index in [1.165, 1.54) is 199 Å². The standard InChI is InChI=1S/C14H26.C12H20.C12H22.2C11H20.C10H18.C8H16/c1-12-4-6-14(7-5-12)10-8-13(2,3)9-11-14;1-2-12-6-9-3-10(7-12)5-11(4-9)8-12;1-11-5-9-12(10-6-11)7-3-2-4-8-12;1-8-9-4-6-10(7-5-9)11(8,2)3;1-10-4-8-11(9-5-10)6-2-3-7-11;1-7-8(2)10-5-3-9(7)4-6-10;1-3-8(2)6-4-5-7-8/h12H,4-11H2,1-3H3;9-11H,2-8H2,1H3;11H,2-10H2,1H3;8-10H,4-7H2,1-3H3;10H,2-9H2,1H3;7-10H,3-6H2,1-2H3;3-7H2,1-2H3/t;;;8-,9?,10?;;7-,8?,9?,10?;/m...1.0./s1. The normalized spacial score (nSPS) is 40.5. The summed E-state index contributed by atoms with van der Waals surface area (Å²) in [5.74, 6) is 13.9. The van der Waals surface area contributed by atoms with Gasteiger partial charge in [-0.25, -0.2) is 0 Å². The maximum Gasteiger partial charge on any atom is -0.0292 e. The fourth-order valence-corrected chi connectivity index (χ4v) is 22.2. The van der Waals surface area contributed by atoms with Gasteiger partial charge in [0.05, 0.1) is 0 Å². The Balaban J connectivity index is 0.000000121. The van der Waals surface area contributed by atoms with Crippen LogP contribution in [0.2, 0.25) is 0 Å². The molecule has 17 saturated carbocycles. The molecular formula is C78H142. The average Bonchev–Trinajstić information content (AvgIpc) is 4.15. The van der Waals surface area contributed by atoms with Gasteiger partial charge in [-0.2, -0.15) is 0 Å². The van der Waals surface area contributed by atoms with Crippen molar-refractivity contribution in [3.8, 4) is 0 Å². The lowest BCUT2D eigenvalue weighted by Crippen LogP contribution is -2.45. The van der Waals surface area contributed by atoms with Crippen LogP contribution in [0.1, 0.15) is 379 Å². The molecular weight excluding hydrogens is 937 g/mol. The molecule has 0 saturated heterocycles. The van der Waals surface area contributed by atoms with Crippen LogP contribution in [-0.4, -0.2) is 0 Å². The Kier molecular flexibility index (Phi) is 23.0. The van der Waals surface area contributed by atoms with Gasteiger partial charge in [-0.15, -0.1) is 0 Å². The van der Waals surface area contributed by atoms with Gasteiger partial charge in [-0.05, 0) is 307 Å². The Labute approximate surface area is 491 Å². The molecule has 0 N–H and O–H groups in total. The minimum atomic E-state index is 0.647. The molecule has 8 bridgehead atoms. The van der Waals surface area contributed by atoms with E-state index in [0.29, 0.717) is 10.8 Å². The monoisotopic (exact) mass is 1080 g/mol. The van der Waals surface area contributed by atoms with Crippen LogP contribution in [0.3, 0.4) is 0 Å². The van der Waals surface area contributed by atoms with Gasteiger partial charge in [0.15, 0.2) is 0 Å². The molecule has 0 radical (unpaired) electrons. The maximum absolute atomic E-state index is 2.48. The molecule has 17 fully saturated rings. The van der Waals surface area contributed by atoms with Crippen molar-refractivity contribution in [2.75, 3.05) is 0 Å².